The molecule has 0 radical (unpaired) electrons. The SMILES string of the molecule is CC[C@H]1C2=CC(=O)CC[C@]2(C)C2CC[C@@]3(C)C(CCC3[C@H](C)CCC#N)C2[C@@H]1O. The molecule has 29 heavy (non-hydrogen) atoms. The standard InChI is InChI=1S/C26H39NO2/c1-5-18-22-15-17(28)10-12-26(22,4)21-11-13-25(3)19(16(2)7-6-14-27)8-9-20(25)23(21)24(18)29/h15-16,18-21,23-24,29H,5-13H2,1-4H3/t16-,18+,19?,20?,21?,23?,24-,25-,26-/m1/s1. The molecule has 0 heterocycles. The maximum Gasteiger partial charge on any atom is 0.155 e. The van der Waals surface area contributed by atoms with Crippen LogP contribution in [0, 0.1) is 57.7 Å². The molecule has 9 atom stereocenters. The highest BCUT2D eigenvalue weighted by molar-refractivity contribution is 5.91. The molecule has 3 fully saturated rings. The Bertz CT molecular complexity index is 735. The van der Waals surface area contributed by atoms with E-state index in [-0.39, 0.29) is 28.6 Å². The van der Waals surface area contributed by atoms with E-state index in [0.717, 1.165) is 19.3 Å². The van der Waals surface area contributed by atoms with Crippen LogP contribution in [0.15, 0.2) is 11.6 Å². The zero-order valence-corrected chi connectivity index (χ0v) is 18.8. The summed E-state index contributed by atoms with van der Waals surface area (Å²) in [5.74, 6) is 3.11. The number of hydrogen-bond acceptors (Lipinski definition) is 3. The highest BCUT2D eigenvalue weighted by Gasteiger charge is 2.63. The summed E-state index contributed by atoms with van der Waals surface area (Å²) >= 11 is 0. The van der Waals surface area contributed by atoms with Crippen molar-refractivity contribution in [2.45, 2.75) is 91.6 Å². The maximum atomic E-state index is 12.2. The molecule has 3 saturated carbocycles. The average Bonchev–Trinajstić information content (AvgIpc) is 3.05. The topological polar surface area (TPSA) is 61.1 Å². The minimum absolute atomic E-state index is 0.0876. The van der Waals surface area contributed by atoms with E-state index in [0.29, 0.717) is 42.4 Å². The Morgan fingerprint density at radius 3 is 2.69 bits per heavy atom. The van der Waals surface area contributed by atoms with Crippen molar-refractivity contribution in [1.82, 2.24) is 0 Å². The van der Waals surface area contributed by atoms with Gasteiger partial charge in [0.2, 0.25) is 0 Å². The van der Waals surface area contributed by atoms with E-state index < -0.39 is 0 Å². The van der Waals surface area contributed by atoms with E-state index in [4.69, 9.17) is 5.26 Å². The quantitative estimate of drug-likeness (QED) is 0.664. The zero-order valence-electron chi connectivity index (χ0n) is 18.8. The number of rotatable bonds is 4. The van der Waals surface area contributed by atoms with Gasteiger partial charge in [-0.05, 0) is 91.4 Å². The molecular formula is C26H39NO2. The van der Waals surface area contributed by atoms with Crippen molar-refractivity contribution in [1.29, 1.82) is 5.26 Å². The predicted octanol–water partition coefficient (Wildman–Crippen LogP) is 5.68. The van der Waals surface area contributed by atoms with Gasteiger partial charge >= 0.3 is 0 Å². The van der Waals surface area contributed by atoms with Gasteiger partial charge in [0.1, 0.15) is 0 Å². The molecule has 0 bridgehead atoms. The van der Waals surface area contributed by atoms with Gasteiger partial charge in [0.25, 0.3) is 0 Å². The van der Waals surface area contributed by atoms with E-state index in [2.05, 4.69) is 33.8 Å². The minimum atomic E-state index is -0.312. The summed E-state index contributed by atoms with van der Waals surface area (Å²) in [6.07, 6.45) is 10.7. The summed E-state index contributed by atoms with van der Waals surface area (Å²) < 4.78 is 0. The van der Waals surface area contributed by atoms with E-state index >= 15 is 0 Å². The first-order chi connectivity index (χ1) is 13.8. The number of aliphatic hydroxyl groups excluding tert-OH is 1. The highest BCUT2D eigenvalue weighted by Crippen LogP contribution is 2.68. The molecule has 1 N–H and O–H groups in total. The Labute approximate surface area is 176 Å². The van der Waals surface area contributed by atoms with E-state index in [1.54, 1.807) is 0 Å². The Morgan fingerprint density at radius 2 is 2.00 bits per heavy atom. The second-order valence-electron chi connectivity index (χ2n) is 11.2. The summed E-state index contributed by atoms with van der Waals surface area (Å²) in [5.41, 5.74) is 1.65. The largest absolute Gasteiger partial charge is 0.392 e. The summed E-state index contributed by atoms with van der Waals surface area (Å²) in [5, 5.41) is 20.7. The number of nitriles is 1. The number of fused-ring (bicyclic) bond motifs is 5. The van der Waals surface area contributed by atoms with E-state index in [9.17, 15) is 9.90 Å². The molecular weight excluding hydrogens is 358 g/mol. The van der Waals surface area contributed by atoms with Crippen LogP contribution in [0.25, 0.3) is 0 Å². The van der Waals surface area contributed by atoms with Crippen LogP contribution >= 0.6 is 0 Å². The van der Waals surface area contributed by atoms with Crippen LogP contribution in [-0.4, -0.2) is 17.0 Å². The Hall–Kier alpha value is -1.14. The van der Waals surface area contributed by atoms with Crippen LogP contribution in [0.3, 0.4) is 0 Å². The van der Waals surface area contributed by atoms with Crippen molar-refractivity contribution >= 4 is 5.78 Å². The number of carbonyl (C=O) groups excluding carboxylic acids is 1. The lowest BCUT2D eigenvalue weighted by atomic mass is 9.43. The highest BCUT2D eigenvalue weighted by atomic mass is 16.3. The van der Waals surface area contributed by atoms with Gasteiger partial charge < -0.3 is 5.11 Å². The minimum Gasteiger partial charge on any atom is -0.392 e. The fourth-order valence-electron chi connectivity index (χ4n) is 8.66. The zero-order chi connectivity index (χ0) is 21.0. The lowest BCUT2D eigenvalue weighted by molar-refractivity contribution is -0.136. The summed E-state index contributed by atoms with van der Waals surface area (Å²) in [4.78, 5) is 12.2. The lowest BCUT2D eigenvalue weighted by Crippen LogP contribution is -2.58. The molecule has 3 nitrogen and oxygen atoms in total. The second kappa shape index (κ2) is 7.52. The van der Waals surface area contributed by atoms with Crippen molar-refractivity contribution in [3.63, 3.8) is 0 Å². The van der Waals surface area contributed by atoms with E-state index in [1.165, 1.54) is 31.3 Å². The average molecular weight is 398 g/mol. The first-order valence-electron chi connectivity index (χ1n) is 12.1. The molecule has 4 rings (SSSR count). The van der Waals surface area contributed by atoms with Crippen LogP contribution in [0.1, 0.15) is 85.5 Å². The third-order valence-corrected chi connectivity index (χ3v) is 10.1. The van der Waals surface area contributed by atoms with Crippen LogP contribution in [0.5, 0.6) is 0 Å². The first kappa shape index (κ1) is 21.1. The molecule has 0 saturated heterocycles. The number of ketones is 1. The molecule has 160 valence electrons. The molecule has 0 aromatic rings. The first-order valence-corrected chi connectivity index (χ1v) is 12.1. The van der Waals surface area contributed by atoms with E-state index in [1.807, 2.05) is 6.08 Å². The molecule has 0 aromatic carbocycles. The van der Waals surface area contributed by atoms with Gasteiger partial charge in [-0.2, -0.15) is 5.26 Å². The van der Waals surface area contributed by atoms with Gasteiger partial charge in [-0.1, -0.05) is 33.3 Å². The molecule has 0 aromatic heterocycles. The monoisotopic (exact) mass is 397 g/mol. The number of nitrogens with zero attached hydrogens (tertiary/aromatic N) is 1. The van der Waals surface area contributed by atoms with Gasteiger partial charge in [0.05, 0.1) is 12.2 Å². The third kappa shape index (κ3) is 3.04. The smallest absolute Gasteiger partial charge is 0.155 e. The van der Waals surface area contributed by atoms with Crippen LogP contribution in [0.4, 0.5) is 0 Å². The van der Waals surface area contributed by atoms with Gasteiger partial charge in [-0.25, -0.2) is 0 Å². The Kier molecular flexibility index (Phi) is 5.48. The maximum absolute atomic E-state index is 12.2. The van der Waals surface area contributed by atoms with Crippen molar-refractivity contribution in [3.05, 3.63) is 11.6 Å². The van der Waals surface area contributed by atoms with Gasteiger partial charge in [0, 0.05) is 18.8 Å². The fraction of sp³-hybridized carbons (Fsp3) is 0.846. The number of carbonyl (C=O) groups is 1. The molecule has 4 aliphatic carbocycles. The number of aliphatic hydroxyl groups is 1. The van der Waals surface area contributed by atoms with Crippen LogP contribution in [-0.2, 0) is 4.79 Å². The van der Waals surface area contributed by atoms with Gasteiger partial charge in [0.15, 0.2) is 5.78 Å². The summed E-state index contributed by atoms with van der Waals surface area (Å²) in [6, 6.07) is 2.34. The van der Waals surface area contributed by atoms with Crippen LogP contribution in [0.2, 0.25) is 0 Å². The van der Waals surface area contributed by atoms with Gasteiger partial charge in [-0.15, -0.1) is 0 Å². The molecule has 0 aliphatic heterocycles. The van der Waals surface area contributed by atoms with Crippen LogP contribution < -0.4 is 0 Å². The Balaban J connectivity index is 1.68. The van der Waals surface area contributed by atoms with Crippen molar-refractivity contribution < 1.29 is 9.90 Å². The molecule has 4 aliphatic rings. The van der Waals surface area contributed by atoms with Gasteiger partial charge in [-0.3, -0.25) is 4.79 Å². The fourth-order valence-corrected chi connectivity index (χ4v) is 8.66. The predicted molar refractivity (Wildman–Crippen MR) is 115 cm³/mol. The number of hydrogen-bond donors (Lipinski definition) is 1. The molecule has 3 heteroatoms. The summed E-state index contributed by atoms with van der Waals surface area (Å²) in [6.45, 7) is 9.43. The molecule has 0 amide bonds. The molecule has 4 unspecified atom stereocenters. The third-order valence-electron chi connectivity index (χ3n) is 10.1. The molecule has 0 spiro atoms. The lowest BCUT2D eigenvalue weighted by Gasteiger charge is -2.62. The second-order valence-corrected chi connectivity index (χ2v) is 11.2. The Morgan fingerprint density at radius 1 is 1.24 bits per heavy atom. The van der Waals surface area contributed by atoms with Crippen molar-refractivity contribution in [2.75, 3.05) is 0 Å². The van der Waals surface area contributed by atoms with Crippen molar-refractivity contribution in [3.8, 4) is 6.07 Å². The normalized spacial score (nSPS) is 47.4. The summed E-state index contributed by atoms with van der Waals surface area (Å²) in [7, 11) is 0. The van der Waals surface area contributed by atoms with Crippen molar-refractivity contribution in [2.24, 2.45) is 46.3 Å².